The number of aryl methyl sites for hydroxylation is 1. The van der Waals surface area contributed by atoms with Crippen LogP contribution in [0.15, 0.2) is 53.4 Å². The number of nitrogens with zero attached hydrogens (tertiary/aromatic N) is 1. The van der Waals surface area contributed by atoms with E-state index < -0.39 is 0 Å². The molecule has 1 atom stereocenters. The molecule has 0 amide bonds. The molecule has 2 heterocycles. The smallest absolute Gasteiger partial charge is 0.101 e. The molecule has 3 rings (SSSR count). The molecule has 0 aliphatic carbocycles. The van der Waals surface area contributed by atoms with Crippen molar-refractivity contribution in [1.29, 1.82) is 0 Å². The average molecular weight is 280 g/mol. The summed E-state index contributed by atoms with van der Waals surface area (Å²) >= 11 is 0. The molecular weight excluding hydrogens is 260 g/mol. The molecular formula is C18H20N2O. The van der Waals surface area contributed by atoms with Gasteiger partial charge in [-0.15, -0.1) is 0 Å². The monoisotopic (exact) mass is 280 g/mol. The van der Waals surface area contributed by atoms with Crippen LogP contribution in [0.2, 0.25) is 0 Å². The minimum absolute atomic E-state index is 0.135. The molecule has 108 valence electrons. The predicted molar refractivity (Wildman–Crippen MR) is 85.3 cm³/mol. The summed E-state index contributed by atoms with van der Waals surface area (Å²) in [5.74, 6) is 0.937. The van der Waals surface area contributed by atoms with Gasteiger partial charge in [-0.2, -0.15) is 0 Å². The zero-order valence-corrected chi connectivity index (χ0v) is 12.5. The fourth-order valence-electron chi connectivity index (χ4n) is 2.70. The van der Waals surface area contributed by atoms with Crippen molar-refractivity contribution in [2.45, 2.75) is 26.3 Å². The van der Waals surface area contributed by atoms with Crippen LogP contribution < -0.4 is 5.32 Å². The lowest BCUT2D eigenvalue weighted by Crippen LogP contribution is -2.23. The number of benzene rings is 1. The van der Waals surface area contributed by atoms with Crippen LogP contribution in [-0.2, 0) is 0 Å². The molecule has 0 saturated heterocycles. The molecule has 2 aromatic heterocycles. The summed E-state index contributed by atoms with van der Waals surface area (Å²) in [5.41, 5.74) is 2.41. The van der Waals surface area contributed by atoms with Gasteiger partial charge in [-0.05, 0) is 43.0 Å². The molecule has 0 saturated carbocycles. The largest absolute Gasteiger partial charge is 0.469 e. The van der Waals surface area contributed by atoms with Gasteiger partial charge in [0.15, 0.2) is 0 Å². The summed E-state index contributed by atoms with van der Waals surface area (Å²) in [6, 6.07) is 10.7. The van der Waals surface area contributed by atoms with Crippen LogP contribution in [0.25, 0.3) is 10.8 Å². The van der Waals surface area contributed by atoms with E-state index in [1.807, 2.05) is 25.6 Å². The van der Waals surface area contributed by atoms with Gasteiger partial charge in [-0.3, -0.25) is 4.98 Å². The SMILES string of the molecule is CCCNC(c1coc(C)c1)c1cccc2ccncc12. The topological polar surface area (TPSA) is 38.1 Å². The lowest BCUT2D eigenvalue weighted by Gasteiger charge is -2.19. The molecule has 3 heteroatoms. The van der Waals surface area contributed by atoms with Gasteiger partial charge in [-0.25, -0.2) is 0 Å². The van der Waals surface area contributed by atoms with E-state index in [1.165, 1.54) is 16.3 Å². The van der Waals surface area contributed by atoms with Crippen LogP contribution >= 0.6 is 0 Å². The minimum atomic E-state index is 0.135. The Balaban J connectivity index is 2.09. The molecule has 1 N–H and O–H groups in total. The summed E-state index contributed by atoms with van der Waals surface area (Å²) in [6.07, 6.45) is 6.72. The molecule has 1 unspecified atom stereocenters. The van der Waals surface area contributed by atoms with Gasteiger partial charge in [0, 0.05) is 23.3 Å². The highest BCUT2D eigenvalue weighted by atomic mass is 16.3. The Morgan fingerprint density at radius 1 is 1.29 bits per heavy atom. The van der Waals surface area contributed by atoms with Gasteiger partial charge in [0.05, 0.1) is 12.3 Å². The number of hydrogen-bond acceptors (Lipinski definition) is 3. The highest BCUT2D eigenvalue weighted by Crippen LogP contribution is 2.29. The highest BCUT2D eigenvalue weighted by Gasteiger charge is 2.17. The van der Waals surface area contributed by atoms with Crippen molar-refractivity contribution in [3.8, 4) is 0 Å². The first-order valence-electron chi connectivity index (χ1n) is 7.40. The van der Waals surface area contributed by atoms with Crippen LogP contribution in [0.5, 0.6) is 0 Å². The van der Waals surface area contributed by atoms with Gasteiger partial charge in [0.25, 0.3) is 0 Å². The zero-order valence-electron chi connectivity index (χ0n) is 12.5. The molecule has 0 aliphatic rings. The molecule has 0 aliphatic heterocycles. The van der Waals surface area contributed by atoms with Crippen LogP contribution in [0, 0.1) is 6.92 Å². The Bertz CT molecular complexity index is 727. The van der Waals surface area contributed by atoms with E-state index in [4.69, 9.17) is 4.42 Å². The van der Waals surface area contributed by atoms with Gasteiger partial charge in [0.1, 0.15) is 5.76 Å². The Hall–Kier alpha value is -2.13. The molecule has 0 bridgehead atoms. The quantitative estimate of drug-likeness (QED) is 0.760. The molecule has 3 nitrogen and oxygen atoms in total. The van der Waals surface area contributed by atoms with Gasteiger partial charge < -0.3 is 9.73 Å². The van der Waals surface area contributed by atoms with Crippen molar-refractivity contribution >= 4 is 10.8 Å². The van der Waals surface area contributed by atoms with Crippen molar-refractivity contribution in [3.05, 3.63) is 65.9 Å². The van der Waals surface area contributed by atoms with Crippen molar-refractivity contribution < 1.29 is 4.42 Å². The number of rotatable bonds is 5. The summed E-state index contributed by atoms with van der Waals surface area (Å²) < 4.78 is 5.50. The Morgan fingerprint density at radius 3 is 2.95 bits per heavy atom. The van der Waals surface area contributed by atoms with E-state index in [1.54, 1.807) is 0 Å². The van der Waals surface area contributed by atoms with Crippen molar-refractivity contribution in [3.63, 3.8) is 0 Å². The lowest BCUT2D eigenvalue weighted by molar-refractivity contribution is 0.524. The lowest BCUT2D eigenvalue weighted by atomic mass is 9.96. The Kier molecular flexibility index (Phi) is 4.02. The van der Waals surface area contributed by atoms with E-state index in [0.717, 1.165) is 24.3 Å². The van der Waals surface area contributed by atoms with E-state index >= 15 is 0 Å². The standard InChI is InChI=1S/C18H20N2O/c1-3-8-20-18(15-10-13(2)21-12-15)16-6-4-5-14-7-9-19-11-17(14)16/h4-7,9-12,18,20H,3,8H2,1-2H3. The average Bonchev–Trinajstić information content (AvgIpc) is 2.94. The Morgan fingerprint density at radius 2 is 2.19 bits per heavy atom. The second-order valence-electron chi connectivity index (χ2n) is 5.32. The minimum Gasteiger partial charge on any atom is -0.469 e. The third-order valence-electron chi connectivity index (χ3n) is 3.71. The van der Waals surface area contributed by atoms with Crippen molar-refractivity contribution in [1.82, 2.24) is 10.3 Å². The van der Waals surface area contributed by atoms with E-state index in [-0.39, 0.29) is 6.04 Å². The fourth-order valence-corrected chi connectivity index (χ4v) is 2.70. The first-order chi connectivity index (χ1) is 10.3. The molecule has 1 aromatic carbocycles. The first-order valence-corrected chi connectivity index (χ1v) is 7.40. The third-order valence-corrected chi connectivity index (χ3v) is 3.71. The molecule has 0 spiro atoms. The summed E-state index contributed by atoms with van der Waals surface area (Å²) in [6.45, 7) is 5.12. The number of aromatic nitrogens is 1. The van der Waals surface area contributed by atoms with Gasteiger partial charge >= 0.3 is 0 Å². The van der Waals surface area contributed by atoms with Crippen LogP contribution in [0.3, 0.4) is 0 Å². The zero-order chi connectivity index (χ0) is 14.7. The second-order valence-corrected chi connectivity index (χ2v) is 5.32. The van der Waals surface area contributed by atoms with Crippen molar-refractivity contribution in [2.75, 3.05) is 6.54 Å². The van der Waals surface area contributed by atoms with Crippen LogP contribution in [-0.4, -0.2) is 11.5 Å². The normalized spacial score (nSPS) is 12.7. The predicted octanol–water partition coefficient (Wildman–Crippen LogP) is 4.23. The Labute approximate surface area is 125 Å². The maximum absolute atomic E-state index is 5.50. The van der Waals surface area contributed by atoms with Crippen LogP contribution in [0.4, 0.5) is 0 Å². The molecule has 0 fully saturated rings. The number of pyridine rings is 1. The maximum Gasteiger partial charge on any atom is 0.101 e. The summed E-state index contributed by atoms with van der Waals surface area (Å²) in [7, 11) is 0. The highest BCUT2D eigenvalue weighted by molar-refractivity contribution is 5.85. The number of fused-ring (bicyclic) bond motifs is 1. The number of nitrogens with one attached hydrogen (secondary N) is 1. The second kappa shape index (κ2) is 6.10. The molecule has 21 heavy (non-hydrogen) atoms. The fraction of sp³-hybridized carbons (Fsp3) is 0.278. The van der Waals surface area contributed by atoms with E-state index in [0.29, 0.717) is 0 Å². The van der Waals surface area contributed by atoms with E-state index in [9.17, 15) is 0 Å². The number of hydrogen-bond donors (Lipinski definition) is 1. The van der Waals surface area contributed by atoms with Crippen LogP contribution in [0.1, 0.15) is 36.3 Å². The first kappa shape index (κ1) is 13.8. The summed E-state index contributed by atoms with van der Waals surface area (Å²) in [5, 5.41) is 6.02. The van der Waals surface area contributed by atoms with Gasteiger partial charge in [-0.1, -0.05) is 25.1 Å². The van der Waals surface area contributed by atoms with Crippen molar-refractivity contribution in [2.24, 2.45) is 0 Å². The van der Waals surface area contributed by atoms with Gasteiger partial charge in [0.2, 0.25) is 0 Å². The summed E-state index contributed by atoms with van der Waals surface area (Å²) in [4.78, 5) is 4.28. The molecule has 3 aromatic rings. The van der Waals surface area contributed by atoms with E-state index in [2.05, 4.69) is 47.6 Å². The number of furan rings is 1. The third kappa shape index (κ3) is 2.83. The molecule has 0 radical (unpaired) electrons. The maximum atomic E-state index is 5.50.